The molecule has 0 radical (unpaired) electrons. The Hall–Kier alpha value is -4.78. The number of fused-ring (bicyclic) bond motifs is 1. The topological polar surface area (TPSA) is 136 Å². The highest BCUT2D eigenvalue weighted by Gasteiger charge is 2.19. The zero-order valence-corrected chi connectivity index (χ0v) is 16.8. The fraction of sp³-hybridized carbons (Fsp3) is 0.0909. The third-order valence-electron chi connectivity index (χ3n) is 4.69. The fourth-order valence-electron chi connectivity index (χ4n) is 3.21. The van der Waals surface area contributed by atoms with Gasteiger partial charge in [-0.2, -0.15) is 15.0 Å². The van der Waals surface area contributed by atoms with E-state index in [-0.39, 0.29) is 22.8 Å². The van der Waals surface area contributed by atoms with Gasteiger partial charge < -0.3 is 10.1 Å². The summed E-state index contributed by atoms with van der Waals surface area (Å²) in [6.07, 6.45) is 1.32. The summed E-state index contributed by atoms with van der Waals surface area (Å²) < 4.78 is 6.68. The summed E-state index contributed by atoms with van der Waals surface area (Å²) in [5.74, 6) is -0.0872. The Kier molecular flexibility index (Phi) is 5.46. The molecule has 4 rings (SSSR count). The minimum absolute atomic E-state index is 0.0338. The number of rotatable bonds is 6. The van der Waals surface area contributed by atoms with E-state index in [2.05, 4.69) is 15.4 Å². The lowest BCUT2D eigenvalue weighted by Gasteiger charge is -2.11. The first kappa shape index (κ1) is 20.5. The van der Waals surface area contributed by atoms with E-state index in [1.165, 1.54) is 29.1 Å². The first-order valence-corrected chi connectivity index (χ1v) is 9.49. The molecule has 4 aromatic rings. The summed E-state index contributed by atoms with van der Waals surface area (Å²) >= 11 is 0. The SMILES string of the molecule is Cc1cc(-n2ncc(C#N)c2NC(=O)COc2ccccc2[N+](=O)[O-])nc2ccccc12. The number of anilines is 1. The molecule has 0 saturated carbocycles. The first-order valence-electron chi connectivity index (χ1n) is 9.49. The number of nitrogens with one attached hydrogen (secondary N) is 1. The summed E-state index contributed by atoms with van der Waals surface area (Å²) in [4.78, 5) is 27.6. The van der Waals surface area contributed by atoms with E-state index in [4.69, 9.17) is 4.74 Å². The Bertz CT molecular complexity index is 1390. The van der Waals surface area contributed by atoms with Crippen molar-refractivity contribution in [3.63, 3.8) is 0 Å². The first-order chi connectivity index (χ1) is 15.5. The van der Waals surface area contributed by atoms with Crippen molar-refractivity contribution in [2.24, 2.45) is 0 Å². The number of ether oxygens (including phenoxy) is 1. The maximum absolute atomic E-state index is 12.5. The summed E-state index contributed by atoms with van der Waals surface area (Å²) in [6.45, 7) is 1.44. The van der Waals surface area contributed by atoms with Gasteiger partial charge in [0.05, 0.1) is 16.6 Å². The van der Waals surface area contributed by atoms with E-state index in [1.54, 1.807) is 12.1 Å². The van der Waals surface area contributed by atoms with Crippen LogP contribution in [0.25, 0.3) is 16.7 Å². The molecule has 0 fully saturated rings. The molecular formula is C22H16N6O4. The Balaban J connectivity index is 1.60. The Morgan fingerprint density at radius 3 is 2.78 bits per heavy atom. The van der Waals surface area contributed by atoms with Crippen LogP contribution in [0.5, 0.6) is 5.75 Å². The van der Waals surface area contributed by atoms with Crippen LogP contribution in [0.4, 0.5) is 11.5 Å². The van der Waals surface area contributed by atoms with Crippen LogP contribution in [0.15, 0.2) is 60.8 Å². The maximum Gasteiger partial charge on any atom is 0.310 e. The van der Waals surface area contributed by atoms with Crippen molar-refractivity contribution in [3.8, 4) is 17.6 Å². The highest BCUT2D eigenvalue weighted by Crippen LogP contribution is 2.26. The van der Waals surface area contributed by atoms with Crippen molar-refractivity contribution in [1.29, 1.82) is 5.26 Å². The normalized spacial score (nSPS) is 10.5. The number of aryl methyl sites for hydroxylation is 1. The Labute approximate surface area is 181 Å². The number of carbonyl (C=O) groups excluding carboxylic acids is 1. The van der Waals surface area contributed by atoms with Crippen molar-refractivity contribution in [1.82, 2.24) is 14.8 Å². The van der Waals surface area contributed by atoms with Gasteiger partial charge in [0.2, 0.25) is 0 Å². The monoisotopic (exact) mass is 428 g/mol. The molecule has 0 unspecified atom stereocenters. The second-order valence-electron chi connectivity index (χ2n) is 6.81. The fourth-order valence-corrected chi connectivity index (χ4v) is 3.21. The molecule has 1 N–H and O–H groups in total. The van der Waals surface area contributed by atoms with Gasteiger partial charge in [0.1, 0.15) is 11.6 Å². The van der Waals surface area contributed by atoms with Crippen LogP contribution in [0, 0.1) is 28.4 Å². The van der Waals surface area contributed by atoms with E-state index >= 15 is 0 Å². The molecule has 0 aliphatic carbocycles. The van der Waals surface area contributed by atoms with E-state index in [0.29, 0.717) is 5.82 Å². The second-order valence-corrected chi connectivity index (χ2v) is 6.81. The number of nitrogens with zero attached hydrogens (tertiary/aromatic N) is 5. The molecule has 0 bridgehead atoms. The molecule has 0 spiro atoms. The number of pyridine rings is 1. The molecule has 10 nitrogen and oxygen atoms in total. The Morgan fingerprint density at radius 2 is 2.00 bits per heavy atom. The van der Waals surface area contributed by atoms with Crippen molar-refractivity contribution in [2.45, 2.75) is 6.92 Å². The van der Waals surface area contributed by atoms with Gasteiger partial charge in [-0.1, -0.05) is 30.3 Å². The minimum Gasteiger partial charge on any atom is -0.477 e. The number of nitro benzene ring substituents is 1. The van der Waals surface area contributed by atoms with Crippen molar-refractivity contribution in [2.75, 3.05) is 11.9 Å². The highest BCUT2D eigenvalue weighted by atomic mass is 16.6. The van der Waals surface area contributed by atoms with Crippen LogP contribution in [-0.2, 0) is 4.79 Å². The van der Waals surface area contributed by atoms with E-state index in [1.807, 2.05) is 37.3 Å². The summed E-state index contributed by atoms with van der Waals surface area (Å²) in [5.41, 5.74) is 1.58. The molecule has 1 amide bonds. The lowest BCUT2D eigenvalue weighted by atomic mass is 10.1. The van der Waals surface area contributed by atoms with Gasteiger partial charge in [-0.3, -0.25) is 14.9 Å². The lowest BCUT2D eigenvalue weighted by molar-refractivity contribution is -0.385. The zero-order chi connectivity index (χ0) is 22.7. The van der Waals surface area contributed by atoms with Crippen molar-refractivity contribution < 1.29 is 14.5 Å². The summed E-state index contributed by atoms with van der Waals surface area (Å²) in [5, 5.41) is 28.3. The van der Waals surface area contributed by atoms with Gasteiger partial charge in [0, 0.05) is 11.5 Å². The van der Waals surface area contributed by atoms with Crippen LogP contribution in [0.3, 0.4) is 0 Å². The summed E-state index contributed by atoms with van der Waals surface area (Å²) in [7, 11) is 0. The van der Waals surface area contributed by atoms with Crippen LogP contribution in [0.1, 0.15) is 11.1 Å². The number of nitriles is 1. The second kappa shape index (κ2) is 8.53. The van der Waals surface area contributed by atoms with Crippen LogP contribution < -0.4 is 10.1 Å². The van der Waals surface area contributed by atoms with Gasteiger partial charge >= 0.3 is 5.69 Å². The number of nitro groups is 1. The maximum atomic E-state index is 12.5. The molecular weight excluding hydrogens is 412 g/mol. The molecule has 2 aromatic heterocycles. The molecule has 0 atom stereocenters. The van der Waals surface area contributed by atoms with Gasteiger partial charge in [0.15, 0.2) is 24.0 Å². The number of benzene rings is 2. The molecule has 32 heavy (non-hydrogen) atoms. The van der Waals surface area contributed by atoms with Crippen molar-refractivity contribution in [3.05, 3.63) is 82.0 Å². The highest BCUT2D eigenvalue weighted by molar-refractivity contribution is 5.92. The number of amides is 1. The third-order valence-corrected chi connectivity index (χ3v) is 4.69. The number of hydrogen-bond acceptors (Lipinski definition) is 7. The quantitative estimate of drug-likeness (QED) is 0.366. The summed E-state index contributed by atoms with van der Waals surface area (Å²) in [6, 6.07) is 17.1. The average Bonchev–Trinajstić information content (AvgIpc) is 3.20. The van der Waals surface area contributed by atoms with E-state index in [9.17, 15) is 20.2 Å². The number of carbonyl (C=O) groups is 1. The van der Waals surface area contributed by atoms with Gasteiger partial charge in [-0.15, -0.1) is 0 Å². The largest absolute Gasteiger partial charge is 0.477 e. The Morgan fingerprint density at radius 1 is 1.25 bits per heavy atom. The lowest BCUT2D eigenvalue weighted by Crippen LogP contribution is -2.23. The molecule has 0 aliphatic heterocycles. The molecule has 2 heterocycles. The standard InChI is InChI=1S/C22H16N6O4/c1-14-10-20(25-17-7-3-2-6-16(14)17)27-22(15(11-23)12-24-27)26-21(29)13-32-19-9-5-4-8-18(19)28(30)31/h2-10,12H,13H2,1H3,(H,26,29). The smallest absolute Gasteiger partial charge is 0.310 e. The van der Waals surface area contributed by atoms with E-state index < -0.39 is 17.4 Å². The van der Waals surface area contributed by atoms with Crippen LogP contribution in [0.2, 0.25) is 0 Å². The van der Waals surface area contributed by atoms with Gasteiger partial charge in [0.25, 0.3) is 5.91 Å². The van der Waals surface area contributed by atoms with Gasteiger partial charge in [-0.25, -0.2) is 4.98 Å². The molecule has 0 saturated heterocycles. The minimum atomic E-state index is -0.612. The average molecular weight is 428 g/mol. The van der Waals surface area contributed by atoms with Crippen LogP contribution >= 0.6 is 0 Å². The number of hydrogen-bond donors (Lipinski definition) is 1. The van der Waals surface area contributed by atoms with E-state index in [0.717, 1.165) is 16.5 Å². The predicted molar refractivity (Wildman–Crippen MR) is 116 cm³/mol. The molecule has 10 heteroatoms. The third kappa shape index (κ3) is 3.95. The predicted octanol–water partition coefficient (Wildman–Crippen LogP) is 3.53. The molecule has 0 aliphatic rings. The van der Waals surface area contributed by atoms with Crippen molar-refractivity contribution >= 4 is 28.3 Å². The van der Waals surface area contributed by atoms with Gasteiger partial charge in [-0.05, 0) is 30.7 Å². The molecule has 2 aromatic carbocycles. The molecule has 158 valence electrons. The number of para-hydroxylation sites is 3. The zero-order valence-electron chi connectivity index (χ0n) is 16.8. The number of aromatic nitrogens is 3. The van der Waals surface area contributed by atoms with Crippen LogP contribution in [-0.4, -0.2) is 32.2 Å².